The van der Waals surface area contributed by atoms with Gasteiger partial charge in [-0.3, -0.25) is 14.5 Å². The number of rotatable bonds is 4. The fraction of sp³-hybridized carbons (Fsp3) is 0.556. The summed E-state index contributed by atoms with van der Waals surface area (Å²) in [5.74, 6) is 0.0538. The molecule has 1 aromatic rings. The summed E-state index contributed by atoms with van der Waals surface area (Å²) in [5.41, 5.74) is 0.898. The van der Waals surface area contributed by atoms with Crippen molar-refractivity contribution in [3.8, 4) is 0 Å². The number of anilines is 1. The molecule has 1 atom stereocenters. The minimum Gasteiger partial charge on any atom is -0.379 e. The molecule has 2 aliphatic rings. The van der Waals surface area contributed by atoms with Crippen molar-refractivity contribution >= 4 is 17.5 Å². The standard InChI is InChI=1S/C18H25N3O3/c1-2-16(19-10-12-24-13-11-19)18(23)20-8-9-21(17(22)14-20)15-6-4-3-5-7-15/h3-7,16H,2,8-14H2,1H3/t16-/m0/s1. The van der Waals surface area contributed by atoms with Gasteiger partial charge in [0.25, 0.3) is 0 Å². The van der Waals surface area contributed by atoms with E-state index in [2.05, 4.69) is 4.90 Å². The lowest BCUT2D eigenvalue weighted by atomic mass is 10.1. The fourth-order valence-corrected chi connectivity index (χ4v) is 3.43. The van der Waals surface area contributed by atoms with Crippen LogP contribution in [0.2, 0.25) is 0 Å². The van der Waals surface area contributed by atoms with Crippen molar-refractivity contribution in [3.63, 3.8) is 0 Å². The SMILES string of the molecule is CC[C@@H](C(=O)N1CCN(c2ccccc2)C(=O)C1)N1CCOCC1. The van der Waals surface area contributed by atoms with E-state index in [9.17, 15) is 9.59 Å². The Morgan fingerprint density at radius 2 is 1.83 bits per heavy atom. The van der Waals surface area contributed by atoms with Gasteiger partial charge in [0, 0.05) is 31.9 Å². The van der Waals surface area contributed by atoms with Gasteiger partial charge in [-0.25, -0.2) is 0 Å². The van der Waals surface area contributed by atoms with Crippen molar-refractivity contribution in [1.82, 2.24) is 9.80 Å². The van der Waals surface area contributed by atoms with E-state index < -0.39 is 0 Å². The summed E-state index contributed by atoms with van der Waals surface area (Å²) < 4.78 is 5.37. The van der Waals surface area contributed by atoms with E-state index in [0.717, 1.165) is 25.2 Å². The number of carbonyl (C=O) groups excluding carboxylic acids is 2. The van der Waals surface area contributed by atoms with Crippen LogP contribution in [0, 0.1) is 0 Å². The minimum atomic E-state index is -0.148. The van der Waals surface area contributed by atoms with E-state index in [4.69, 9.17) is 4.74 Å². The van der Waals surface area contributed by atoms with Crippen LogP contribution in [0.4, 0.5) is 5.69 Å². The van der Waals surface area contributed by atoms with Crippen LogP contribution in [0.15, 0.2) is 30.3 Å². The van der Waals surface area contributed by atoms with E-state index in [1.54, 1.807) is 9.80 Å². The Hall–Kier alpha value is -1.92. The second-order valence-electron chi connectivity index (χ2n) is 6.21. The molecule has 6 heteroatoms. The monoisotopic (exact) mass is 331 g/mol. The van der Waals surface area contributed by atoms with E-state index >= 15 is 0 Å². The predicted octanol–water partition coefficient (Wildman–Crippen LogP) is 0.973. The Morgan fingerprint density at radius 3 is 2.46 bits per heavy atom. The van der Waals surface area contributed by atoms with Crippen LogP contribution in [-0.4, -0.2) is 73.6 Å². The number of piperazine rings is 1. The molecule has 2 saturated heterocycles. The summed E-state index contributed by atoms with van der Waals surface area (Å²) in [6, 6.07) is 9.49. The van der Waals surface area contributed by atoms with Gasteiger partial charge in [-0.1, -0.05) is 25.1 Å². The van der Waals surface area contributed by atoms with Gasteiger partial charge in [0.05, 0.1) is 19.3 Å². The van der Waals surface area contributed by atoms with Crippen molar-refractivity contribution < 1.29 is 14.3 Å². The molecule has 3 rings (SSSR count). The molecule has 24 heavy (non-hydrogen) atoms. The maximum atomic E-state index is 12.9. The van der Waals surface area contributed by atoms with Crippen molar-refractivity contribution in [2.45, 2.75) is 19.4 Å². The fourth-order valence-electron chi connectivity index (χ4n) is 3.43. The Labute approximate surface area is 143 Å². The highest BCUT2D eigenvalue weighted by Gasteiger charge is 2.34. The minimum absolute atomic E-state index is 0.0161. The molecule has 1 aromatic carbocycles. The average Bonchev–Trinajstić information content (AvgIpc) is 2.64. The largest absolute Gasteiger partial charge is 0.379 e. The summed E-state index contributed by atoms with van der Waals surface area (Å²) in [5, 5.41) is 0. The maximum Gasteiger partial charge on any atom is 0.246 e. The summed E-state index contributed by atoms with van der Waals surface area (Å²) in [7, 11) is 0. The highest BCUT2D eigenvalue weighted by atomic mass is 16.5. The van der Waals surface area contributed by atoms with E-state index in [1.165, 1.54) is 0 Å². The Morgan fingerprint density at radius 1 is 1.12 bits per heavy atom. The van der Waals surface area contributed by atoms with Crippen LogP contribution < -0.4 is 4.90 Å². The predicted molar refractivity (Wildman–Crippen MR) is 91.8 cm³/mol. The number of hydrogen-bond donors (Lipinski definition) is 0. The van der Waals surface area contributed by atoms with Gasteiger partial charge in [-0.2, -0.15) is 0 Å². The van der Waals surface area contributed by atoms with Gasteiger partial charge >= 0.3 is 0 Å². The molecule has 2 heterocycles. The summed E-state index contributed by atoms with van der Waals surface area (Å²) >= 11 is 0. The molecular weight excluding hydrogens is 306 g/mol. The Kier molecular flexibility index (Phi) is 5.48. The van der Waals surface area contributed by atoms with Crippen LogP contribution in [0.25, 0.3) is 0 Å². The molecule has 0 aliphatic carbocycles. The molecule has 2 amide bonds. The molecule has 0 spiro atoms. The number of morpholine rings is 1. The van der Waals surface area contributed by atoms with Crippen LogP contribution in [-0.2, 0) is 14.3 Å². The van der Waals surface area contributed by atoms with Crippen molar-refractivity contribution in [2.75, 3.05) is 50.8 Å². The van der Waals surface area contributed by atoms with E-state index in [1.807, 2.05) is 37.3 Å². The number of carbonyl (C=O) groups is 2. The normalized spacial score (nSPS) is 21.0. The smallest absolute Gasteiger partial charge is 0.246 e. The molecule has 0 bridgehead atoms. The lowest BCUT2D eigenvalue weighted by Crippen LogP contribution is -2.58. The first kappa shape index (κ1) is 16.9. The first-order chi connectivity index (χ1) is 11.7. The van der Waals surface area contributed by atoms with Gasteiger partial charge in [0.15, 0.2) is 0 Å². The molecule has 0 N–H and O–H groups in total. The first-order valence-electron chi connectivity index (χ1n) is 8.66. The van der Waals surface area contributed by atoms with E-state index in [0.29, 0.717) is 26.3 Å². The summed E-state index contributed by atoms with van der Waals surface area (Å²) in [6.45, 7) is 6.22. The van der Waals surface area contributed by atoms with Gasteiger partial charge in [0.1, 0.15) is 6.54 Å². The third kappa shape index (κ3) is 3.60. The summed E-state index contributed by atoms with van der Waals surface area (Å²) in [6.07, 6.45) is 0.756. The average molecular weight is 331 g/mol. The quantitative estimate of drug-likeness (QED) is 0.825. The van der Waals surface area contributed by atoms with Crippen molar-refractivity contribution in [1.29, 1.82) is 0 Å². The molecule has 2 fully saturated rings. The molecule has 6 nitrogen and oxygen atoms in total. The van der Waals surface area contributed by atoms with Crippen LogP contribution >= 0.6 is 0 Å². The molecule has 0 saturated carbocycles. The lowest BCUT2D eigenvalue weighted by Gasteiger charge is -2.39. The number of para-hydroxylation sites is 1. The molecule has 130 valence electrons. The number of hydrogen-bond acceptors (Lipinski definition) is 4. The number of amides is 2. The van der Waals surface area contributed by atoms with Gasteiger partial charge < -0.3 is 14.5 Å². The van der Waals surface area contributed by atoms with Crippen molar-refractivity contribution in [2.24, 2.45) is 0 Å². The zero-order chi connectivity index (χ0) is 16.9. The number of nitrogens with zero attached hydrogens (tertiary/aromatic N) is 3. The van der Waals surface area contributed by atoms with Crippen LogP contribution in [0.1, 0.15) is 13.3 Å². The van der Waals surface area contributed by atoms with Gasteiger partial charge in [-0.15, -0.1) is 0 Å². The van der Waals surface area contributed by atoms with Gasteiger partial charge in [-0.05, 0) is 18.6 Å². The summed E-state index contributed by atoms with van der Waals surface area (Å²) in [4.78, 5) is 31.0. The number of benzene rings is 1. The maximum absolute atomic E-state index is 12.9. The zero-order valence-electron chi connectivity index (χ0n) is 14.2. The van der Waals surface area contributed by atoms with E-state index in [-0.39, 0.29) is 24.4 Å². The topological polar surface area (TPSA) is 53.1 Å². The second-order valence-corrected chi connectivity index (χ2v) is 6.21. The van der Waals surface area contributed by atoms with Crippen molar-refractivity contribution in [3.05, 3.63) is 30.3 Å². The molecule has 0 aromatic heterocycles. The molecular formula is C18H25N3O3. The van der Waals surface area contributed by atoms with Crippen LogP contribution in [0.3, 0.4) is 0 Å². The lowest BCUT2D eigenvalue weighted by molar-refractivity contribution is -0.143. The third-order valence-corrected chi connectivity index (χ3v) is 4.76. The zero-order valence-corrected chi connectivity index (χ0v) is 14.2. The Bertz CT molecular complexity index is 572. The molecule has 0 unspecified atom stereocenters. The highest BCUT2D eigenvalue weighted by molar-refractivity contribution is 5.98. The highest BCUT2D eigenvalue weighted by Crippen LogP contribution is 2.18. The Balaban J connectivity index is 1.64. The molecule has 0 radical (unpaired) electrons. The molecule has 2 aliphatic heterocycles. The second kappa shape index (κ2) is 7.77. The number of ether oxygens (including phenoxy) is 1. The third-order valence-electron chi connectivity index (χ3n) is 4.76. The van der Waals surface area contributed by atoms with Crippen LogP contribution in [0.5, 0.6) is 0 Å². The first-order valence-corrected chi connectivity index (χ1v) is 8.66. The van der Waals surface area contributed by atoms with Gasteiger partial charge in [0.2, 0.25) is 11.8 Å².